The number of hydrogen-bond acceptors (Lipinski definition) is 6. The first-order valence-corrected chi connectivity index (χ1v) is 13.1. The van der Waals surface area contributed by atoms with Gasteiger partial charge < -0.3 is 0 Å². The molecule has 1 aromatic carbocycles. The van der Waals surface area contributed by atoms with Crippen molar-refractivity contribution in [3.05, 3.63) is 52.2 Å². The van der Waals surface area contributed by atoms with Gasteiger partial charge in [0.25, 0.3) is 0 Å². The molecule has 29 heavy (non-hydrogen) atoms. The van der Waals surface area contributed by atoms with E-state index in [-0.39, 0.29) is 0 Å². The summed E-state index contributed by atoms with van der Waals surface area (Å²) in [6, 6.07) is 11.2. The molecule has 0 spiro atoms. The van der Waals surface area contributed by atoms with Crippen molar-refractivity contribution in [2.75, 3.05) is 25.4 Å². The van der Waals surface area contributed by atoms with E-state index in [1.165, 1.54) is 4.88 Å². The SMILES string of the molecule is O=S(=O)(c1ccc(C2=NNC(=NCCc3cccs3)SC2)cc1)N1CCCCC1. The van der Waals surface area contributed by atoms with Crippen molar-refractivity contribution in [1.29, 1.82) is 0 Å². The van der Waals surface area contributed by atoms with Gasteiger partial charge in [0.2, 0.25) is 10.0 Å². The third kappa shape index (κ3) is 5.09. The van der Waals surface area contributed by atoms with Crippen LogP contribution in [0.4, 0.5) is 0 Å². The molecule has 1 fully saturated rings. The molecule has 0 amide bonds. The summed E-state index contributed by atoms with van der Waals surface area (Å²) in [5, 5.41) is 7.34. The van der Waals surface area contributed by atoms with Crippen LogP contribution in [0.1, 0.15) is 29.7 Å². The van der Waals surface area contributed by atoms with Crippen molar-refractivity contribution in [3.63, 3.8) is 0 Å². The molecule has 4 rings (SSSR count). The average molecular weight is 449 g/mol. The highest BCUT2D eigenvalue weighted by Gasteiger charge is 2.26. The fourth-order valence-corrected chi connectivity index (χ4v) is 6.35. The van der Waals surface area contributed by atoms with Crippen molar-refractivity contribution < 1.29 is 8.42 Å². The van der Waals surface area contributed by atoms with Gasteiger partial charge in [-0.15, -0.1) is 11.3 Å². The van der Waals surface area contributed by atoms with Crippen molar-refractivity contribution in [3.8, 4) is 0 Å². The molecule has 0 aliphatic carbocycles. The van der Waals surface area contributed by atoms with Gasteiger partial charge in [0, 0.05) is 36.7 Å². The lowest BCUT2D eigenvalue weighted by Crippen LogP contribution is -2.35. The number of benzene rings is 1. The monoisotopic (exact) mass is 448 g/mol. The minimum atomic E-state index is -3.39. The van der Waals surface area contributed by atoms with Crippen molar-refractivity contribution in [2.45, 2.75) is 30.6 Å². The third-order valence-electron chi connectivity index (χ3n) is 4.97. The Bertz CT molecular complexity index is 977. The second-order valence-electron chi connectivity index (χ2n) is 6.96. The Labute approximate surface area is 180 Å². The van der Waals surface area contributed by atoms with Crippen LogP contribution in [0, 0.1) is 0 Å². The van der Waals surface area contributed by atoms with Crippen LogP contribution in [0.3, 0.4) is 0 Å². The Morgan fingerprint density at radius 1 is 1.10 bits per heavy atom. The summed E-state index contributed by atoms with van der Waals surface area (Å²) in [6.45, 7) is 1.97. The van der Waals surface area contributed by atoms with Crippen LogP contribution in [-0.2, 0) is 16.4 Å². The third-order valence-corrected chi connectivity index (χ3v) is 8.73. The predicted octanol–water partition coefficient (Wildman–Crippen LogP) is 3.56. The number of hydrogen-bond donors (Lipinski definition) is 1. The Hall–Kier alpha value is -1.68. The highest BCUT2D eigenvalue weighted by molar-refractivity contribution is 8.14. The highest BCUT2D eigenvalue weighted by atomic mass is 32.2. The number of sulfonamides is 1. The molecule has 0 saturated carbocycles. The Balaban J connectivity index is 1.37. The summed E-state index contributed by atoms with van der Waals surface area (Å²) in [4.78, 5) is 6.26. The average Bonchev–Trinajstić information content (AvgIpc) is 3.29. The van der Waals surface area contributed by atoms with Crippen LogP contribution in [0.2, 0.25) is 0 Å². The molecular weight excluding hydrogens is 424 g/mol. The molecule has 9 heteroatoms. The summed E-state index contributed by atoms with van der Waals surface area (Å²) in [5.74, 6) is 0.711. The van der Waals surface area contributed by atoms with Gasteiger partial charge in [-0.2, -0.15) is 9.41 Å². The fourth-order valence-electron chi connectivity index (χ4n) is 3.34. The standard InChI is InChI=1S/C20H24N4O2S3/c25-29(26,24-12-2-1-3-13-24)18-8-6-16(7-9-18)19-15-28-20(23-22-19)21-11-10-17-5-4-14-27-17/h4-9,14H,1-3,10-13,15H2,(H,21,23). The molecule has 0 atom stereocenters. The quantitative estimate of drug-likeness (QED) is 0.733. The minimum absolute atomic E-state index is 0.357. The Kier molecular flexibility index (Phi) is 6.69. The van der Waals surface area contributed by atoms with Crippen molar-refractivity contribution >= 4 is 44.0 Å². The minimum Gasteiger partial charge on any atom is -0.261 e. The van der Waals surface area contributed by atoms with Gasteiger partial charge in [0.1, 0.15) is 0 Å². The lowest BCUT2D eigenvalue weighted by molar-refractivity contribution is 0.346. The van der Waals surface area contributed by atoms with E-state index < -0.39 is 10.0 Å². The van der Waals surface area contributed by atoms with Gasteiger partial charge >= 0.3 is 0 Å². The molecule has 0 bridgehead atoms. The maximum atomic E-state index is 12.8. The smallest absolute Gasteiger partial charge is 0.243 e. The Morgan fingerprint density at radius 2 is 1.90 bits per heavy atom. The molecule has 3 heterocycles. The van der Waals surface area contributed by atoms with E-state index in [4.69, 9.17) is 0 Å². The fraction of sp³-hybridized carbons (Fsp3) is 0.400. The van der Waals surface area contributed by atoms with E-state index in [1.807, 2.05) is 12.1 Å². The van der Waals surface area contributed by atoms with E-state index in [0.717, 1.165) is 48.7 Å². The van der Waals surface area contributed by atoms with Gasteiger partial charge in [-0.1, -0.05) is 36.4 Å². The summed E-state index contributed by atoms with van der Waals surface area (Å²) in [5.41, 5.74) is 4.85. The number of hydrazone groups is 1. The van der Waals surface area contributed by atoms with Gasteiger partial charge in [-0.05, 0) is 42.0 Å². The number of thiophene rings is 1. The molecule has 154 valence electrons. The number of thioether (sulfide) groups is 1. The number of nitrogens with zero attached hydrogens (tertiary/aromatic N) is 3. The second-order valence-corrected chi connectivity index (χ2v) is 10.9. The zero-order valence-electron chi connectivity index (χ0n) is 16.1. The van der Waals surface area contributed by atoms with Gasteiger partial charge in [-0.25, -0.2) is 8.42 Å². The molecule has 1 aromatic heterocycles. The molecule has 1 saturated heterocycles. The largest absolute Gasteiger partial charge is 0.261 e. The van der Waals surface area contributed by atoms with E-state index in [1.54, 1.807) is 39.5 Å². The molecular formula is C20H24N4O2S3. The van der Waals surface area contributed by atoms with Crippen LogP contribution in [0.15, 0.2) is 56.8 Å². The number of rotatable bonds is 6. The molecule has 2 aliphatic heterocycles. The maximum absolute atomic E-state index is 12.8. The Morgan fingerprint density at radius 3 is 2.55 bits per heavy atom. The summed E-state index contributed by atoms with van der Waals surface area (Å²) < 4.78 is 27.1. The lowest BCUT2D eigenvalue weighted by atomic mass is 10.1. The van der Waals surface area contributed by atoms with Crippen molar-refractivity contribution in [2.24, 2.45) is 10.1 Å². The first kappa shape index (κ1) is 20.6. The molecule has 0 unspecified atom stereocenters. The normalized spacial score (nSPS) is 19.7. The maximum Gasteiger partial charge on any atom is 0.243 e. The van der Waals surface area contributed by atoms with E-state index in [0.29, 0.717) is 23.7 Å². The number of nitrogens with one attached hydrogen (secondary N) is 1. The molecule has 2 aliphatic rings. The first-order chi connectivity index (χ1) is 14.1. The predicted molar refractivity (Wildman–Crippen MR) is 122 cm³/mol. The van der Waals surface area contributed by atoms with E-state index in [2.05, 4.69) is 33.0 Å². The lowest BCUT2D eigenvalue weighted by Gasteiger charge is -2.26. The zero-order valence-corrected chi connectivity index (χ0v) is 18.5. The van der Waals surface area contributed by atoms with Crippen LogP contribution in [0.25, 0.3) is 0 Å². The van der Waals surface area contributed by atoms with Gasteiger partial charge in [-0.3, -0.25) is 10.4 Å². The van der Waals surface area contributed by atoms with Crippen LogP contribution in [0.5, 0.6) is 0 Å². The topological polar surface area (TPSA) is 74.1 Å². The number of piperidine rings is 1. The highest BCUT2D eigenvalue weighted by Crippen LogP contribution is 2.22. The molecule has 0 radical (unpaired) electrons. The van der Waals surface area contributed by atoms with Crippen LogP contribution < -0.4 is 5.43 Å². The molecule has 2 aromatic rings. The molecule has 6 nitrogen and oxygen atoms in total. The summed E-state index contributed by atoms with van der Waals surface area (Å²) in [6.07, 6.45) is 3.92. The van der Waals surface area contributed by atoms with Crippen LogP contribution >= 0.6 is 23.1 Å². The molecule has 1 N–H and O–H groups in total. The number of aliphatic imine (C=N–C) groups is 1. The van der Waals surface area contributed by atoms with E-state index >= 15 is 0 Å². The number of amidine groups is 1. The zero-order chi connectivity index (χ0) is 20.1. The van der Waals surface area contributed by atoms with Gasteiger partial charge in [0.05, 0.1) is 10.6 Å². The summed E-state index contributed by atoms with van der Waals surface area (Å²) >= 11 is 3.37. The van der Waals surface area contributed by atoms with E-state index in [9.17, 15) is 8.42 Å². The second kappa shape index (κ2) is 9.42. The van der Waals surface area contributed by atoms with Crippen molar-refractivity contribution in [1.82, 2.24) is 9.73 Å². The van der Waals surface area contributed by atoms with Crippen LogP contribution in [-0.4, -0.2) is 49.0 Å². The summed E-state index contributed by atoms with van der Waals surface area (Å²) in [7, 11) is -3.39. The first-order valence-electron chi connectivity index (χ1n) is 9.76. The van der Waals surface area contributed by atoms with Gasteiger partial charge in [0.15, 0.2) is 5.17 Å².